The zero-order valence-corrected chi connectivity index (χ0v) is 29.5. The molecule has 1 N–H and O–H groups in total. The predicted molar refractivity (Wildman–Crippen MR) is 188 cm³/mol. The van der Waals surface area contributed by atoms with Crippen molar-refractivity contribution in [3.63, 3.8) is 0 Å². The molecule has 0 aliphatic carbocycles. The van der Waals surface area contributed by atoms with Gasteiger partial charge in [0.05, 0.1) is 34.8 Å². The van der Waals surface area contributed by atoms with Gasteiger partial charge >= 0.3 is 6.09 Å². The lowest BCUT2D eigenvalue weighted by atomic mass is 10.0. The number of anilines is 2. The molecule has 5 rings (SSSR count). The molecule has 0 bridgehead atoms. The molecule has 2 aromatic carbocycles. The molecule has 0 atom stereocenters. The Kier molecular flexibility index (Phi) is 10.5. The molecule has 2 aromatic heterocycles. The molecular weight excluding hydrogens is 677 g/mol. The Morgan fingerprint density at radius 1 is 1.04 bits per heavy atom. The summed E-state index contributed by atoms with van der Waals surface area (Å²) in [5, 5.41) is 15.5. The molecule has 1 amide bonds. The third kappa shape index (κ3) is 7.66. The van der Waals surface area contributed by atoms with Gasteiger partial charge in [0.25, 0.3) is 11.2 Å². The number of nitrogens with zero attached hydrogens (tertiary/aromatic N) is 6. The van der Waals surface area contributed by atoms with Gasteiger partial charge in [-0.1, -0.05) is 35.3 Å². The van der Waals surface area contributed by atoms with Crippen LogP contribution in [0.1, 0.15) is 26.3 Å². The van der Waals surface area contributed by atoms with Crippen molar-refractivity contribution in [2.45, 2.75) is 39.8 Å². The van der Waals surface area contributed by atoms with E-state index >= 15 is 0 Å². The van der Waals surface area contributed by atoms with Crippen molar-refractivity contribution < 1.29 is 23.9 Å². The van der Waals surface area contributed by atoms with Crippen molar-refractivity contribution >= 4 is 57.7 Å². The van der Waals surface area contributed by atoms with E-state index in [0.717, 1.165) is 0 Å². The van der Waals surface area contributed by atoms with Crippen molar-refractivity contribution in [2.75, 3.05) is 52.3 Å². The molecule has 1 aliphatic heterocycles. The number of para-hydroxylation sites is 1. The second-order valence-electron chi connectivity index (χ2n) is 12.4. The maximum absolute atomic E-state index is 14.4. The van der Waals surface area contributed by atoms with E-state index in [4.69, 9.17) is 37.4 Å². The second-order valence-corrected chi connectivity index (χ2v) is 13.2. The van der Waals surface area contributed by atoms with Crippen LogP contribution in [0, 0.1) is 17.0 Å². The highest BCUT2D eigenvalue weighted by Gasteiger charge is 2.27. The van der Waals surface area contributed by atoms with Crippen LogP contribution in [0.25, 0.3) is 22.2 Å². The van der Waals surface area contributed by atoms with Gasteiger partial charge in [-0.25, -0.2) is 9.78 Å². The van der Waals surface area contributed by atoms with Crippen molar-refractivity contribution in [3.05, 3.63) is 72.6 Å². The van der Waals surface area contributed by atoms with Gasteiger partial charge in [0.15, 0.2) is 0 Å². The number of piperazine rings is 1. The molecule has 3 heterocycles. The number of methoxy groups -OCH3 is 2. The number of aryl methyl sites for hydroxylation is 1. The maximum atomic E-state index is 14.4. The van der Waals surface area contributed by atoms with Gasteiger partial charge < -0.3 is 24.4 Å². The molecule has 1 fully saturated rings. The van der Waals surface area contributed by atoms with Gasteiger partial charge in [0.2, 0.25) is 5.95 Å². The lowest BCUT2D eigenvalue weighted by Crippen LogP contribution is -2.50. The number of carbonyl (C=O) groups excluding carboxylic acids is 1. The molecule has 49 heavy (non-hydrogen) atoms. The number of hydrogen-bond donors (Lipinski definition) is 1. The number of amides is 1. The van der Waals surface area contributed by atoms with Gasteiger partial charge in [0, 0.05) is 68.5 Å². The Bertz CT molecular complexity index is 1940. The molecule has 16 heteroatoms. The Hall–Kier alpha value is -4.66. The highest BCUT2D eigenvalue weighted by atomic mass is 35.5. The van der Waals surface area contributed by atoms with E-state index in [2.05, 4.69) is 20.2 Å². The van der Waals surface area contributed by atoms with Crippen LogP contribution in [-0.2, 0) is 11.3 Å². The number of nitro benzene ring substituents is 1. The standard InChI is InChI=1S/C33H37Cl2N7O7/c1-19-8-7-9-22(42(45)46)28(19)37-31-36-18-20-16-21(25-26(34)23(47-5)17-24(48-6)27(25)35)30(43)41(29(20)38-31)15-12-39-10-13-40(14-11-39)32(44)49-33(2,3)4/h7-9,16-18H,10-15H2,1-6H3,(H,36,37,38). The molecule has 0 saturated carbocycles. The van der Waals surface area contributed by atoms with E-state index in [9.17, 15) is 19.7 Å². The molecule has 260 valence electrons. The number of ether oxygens (including phenoxy) is 3. The molecule has 14 nitrogen and oxygen atoms in total. The number of aromatic nitrogens is 3. The fourth-order valence-electron chi connectivity index (χ4n) is 5.53. The summed E-state index contributed by atoms with van der Waals surface area (Å²) in [5.74, 6) is 0.598. The summed E-state index contributed by atoms with van der Waals surface area (Å²) >= 11 is 13.5. The molecule has 4 aromatic rings. The minimum atomic E-state index is -0.597. The maximum Gasteiger partial charge on any atom is 0.410 e. The first kappa shape index (κ1) is 35.6. The van der Waals surface area contributed by atoms with Crippen LogP contribution in [0.5, 0.6) is 11.5 Å². The van der Waals surface area contributed by atoms with Gasteiger partial charge in [-0.2, -0.15) is 4.98 Å². The zero-order chi connectivity index (χ0) is 35.6. The molecule has 1 saturated heterocycles. The van der Waals surface area contributed by atoms with E-state index in [-0.39, 0.29) is 68.3 Å². The van der Waals surface area contributed by atoms with E-state index in [0.29, 0.717) is 43.7 Å². The number of fused-ring (bicyclic) bond motifs is 1. The second kappa shape index (κ2) is 14.4. The molecule has 1 aliphatic rings. The van der Waals surface area contributed by atoms with Gasteiger partial charge in [0.1, 0.15) is 28.4 Å². The number of nitro groups is 1. The lowest BCUT2D eigenvalue weighted by molar-refractivity contribution is -0.384. The third-order valence-electron chi connectivity index (χ3n) is 8.02. The van der Waals surface area contributed by atoms with Crippen LogP contribution in [0.4, 0.5) is 22.1 Å². The summed E-state index contributed by atoms with van der Waals surface area (Å²) in [7, 11) is 2.89. The Morgan fingerprint density at radius 2 is 1.69 bits per heavy atom. The summed E-state index contributed by atoms with van der Waals surface area (Å²) in [6, 6.07) is 7.85. The molecule has 0 unspecified atom stereocenters. The van der Waals surface area contributed by atoms with Gasteiger partial charge in [-0.15, -0.1) is 0 Å². The van der Waals surface area contributed by atoms with E-state index in [1.807, 2.05) is 20.8 Å². The summed E-state index contributed by atoms with van der Waals surface area (Å²) in [6.07, 6.45) is 1.16. The minimum Gasteiger partial charge on any atom is -0.495 e. The van der Waals surface area contributed by atoms with Crippen molar-refractivity contribution in [1.29, 1.82) is 0 Å². The number of nitrogens with one attached hydrogen (secondary N) is 1. The van der Waals surface area contributed by atoms with Crippen molar-refractivity contribution in [2.24, 2.45) is 0 Å². The summed E-state index contributed by atoms with van der Waals surface area (Å²) in [6.45, 7) is 9.91. The Morgan fingerprint density at radius 3 is 2.29 bits per heavy atom. The van der Waals surface area contributed by atoms with Gasteiger partial charge in [-0.05, 0) is 39.3 Å². The summed E-state index contributed by atoms with van der Waals surface area (Å²) in [5.41, 5.74) is 0.368. The molecule has 0 radical (unpaired) electrons. The summed E-state index contributed by atoms with van der Waals surface area (Å²) < 4.78 is 17.9. The van der Waals surface area contributed by atoms with Crippen molar-refractivity contribution in [3.8, 4) is 22.6 Å². The average Bonchev–Trinajstić information content (AvgIpc) is 3.05. The minimum absolute atomic E-state index is 0.0656. The fourth-order valence-corrected chi connectivity index (χ4v) is 6.23. The van der Waals surface area contributed by atoms with Crippen LogP contribution < -0.4 is 20.3 Å². The SMILES string of the molecule is COc1cc(OC)c(Cl)c(-c2cc3cnc(Nc4c(C)cccc4[N+](=O)[O-])nc3n(CCN3CCN(C(=O)OC(C)(C)C)CC3)c2=O)c1Cl. The number of rotatable bonds is 9. The van der Waals surface area contributed by atoms with Gasteiger partial charge in [-0.3, -0.25) is 24.4 Å². The number of halogens is 2. The van der Waals surface area contributed by atoms with Crippen LogP contribution >= 0.6 is 23.2 Å². The number of benzene rings is 2. The van der Waals surface area contributed by atoms with E-state index in [1.165, 1.54) is 37.1 Å². The topological polar surface area (TPSA) is 154 Å². The van der Waals surface area contributed by atoms with Crippen LogP contribution in [0.3, 0.4) is 0 Å². The summed E-state index contributed by atoms with van der Waals surface area (Å²) in [4.78, 5) is 51.2. The molecule has 0 spiro atoms. The largest absolute Gasteiger partial charge is 0.495 e. The fraction of sp³-hybridized carbons (Fsp3) is 0.394. The van der Waals surface area contributed by atoms with Crippen molar-refractivity contribution in [1.82, 2.24) is 24.3 Å². The Labute approximate surface area is 292 Å². The van der Waals surface area contributed by atoms with Crippen LogP contribution in [0.2, 0.25) is 10.0 Å². The third-order valence-corrected chi connectivity index (χ3v) is 8.77. The first-order valence-corrected chi connectivity index (χ1v) is 16.2. The highest BCUT2D eigenvalue weighted by Crippen LogP contribution is 2.45. The van der Waals surface area contributed by atoms with E-state index in [1.54, 1.807) is 30.0 Å². The monoisotopic (exact) mass is 713 g/mol. The van der Waals surface area contributed by atoms with E-state index < -0.39 is 16.1 Å². The normalized spacial score (nSPS) is 13.8. The zero-order valence-electron chi connectivity index (χ0n) is 28.0. The smallest absolute Gasteiger partial charge is 0.410 e. The number of pyridine rings is 1. The average molecular weight is 715 g/mol. The molecular formula is C33H37Cl2N7O7. The Balaban J connectivity index is 1.56. The number of hydrogen-bond acceptors (Lipinski definition) is 11. The first-order chi connectivity index (χ1) is 23.2. The quantitative estimate of drug-likeness (QED) is 0.154. The number of carbonyl (C=O) groups is 1. The van der Waals surface area contributed by atoms with Crippen LogP contribution in [0.15, 0.2) is 41.3 Å². The lowest BCUT2D eigenvalue weighted by Gasteiger charge is -2.35. The van der Waals surface area contributed by atoms with Crippen LogP contribution in [-0.4, -0.2) is 87.9 Å². The predicted octanol–water partition coefficient (Wildman–Crippen LogP) is 6.30. The highest BCUT2D eigenvalue weighted by molar-refractivity contribution is 6.41. The first-order valence-electron chi connectivity index (χ1n) is 15.4.